The summed E-state index contributed by atoms with van der Waals surface area (Å²) in [7, 11) is 0. The van der Waals surface area contributed by atoms with E-state index < -0.39 is 0 Å². The van der Waals surface area contributed by atoms with E-state index in [1.165, 1.54) is 15.6 Å². The van der Waals surface area contributed by atoms with E-state index in [1.54, 1.807) is 11.3 Å². The van der Waals surface area contributed by atoms with Gasteiger partial charge in [-0.2, -0.15) is 0 Å². The number of nitrogens with two attached hydrogens (primary N) is 1. The predicted molar refractivity (Wildman–Crippen MR) is 64.9 cm³/mol. The molecular formula is C12H15NS. The van der Waals surface area contributed by atoms with Crippen molar-refractivity contribution in [1.29, 1.82) is 0 Å². The number of thiophene rings is 1. The van der Waals surface area contributed by atoms with Crippen LogP contribution in [0, 0.1) is 0 Å². The highest BCUT2D eigenvalue weighted by Crippen LogP contribution is 2.35. The van der Waals surface area contributed by atoms with E-state index in [-0.39, 0.29) is 5.41 Å². The van der Waals surface area contributed by atoms with Crippen LogP contribution in [0.1, 0.15) is 26.3 Å². The highest BCUT2D eigenvalue weighted by atomic mass is 32.1. The lowest BCUT2D eigenvalue weighted by atomic mass is 9.87. The number of benzene rings is 1. The molecule has 0 aliphatic carbocycles. The minimum Gasteiger partial charge on any atom is -0.399 e. The van der Waals surface area contributed by atoms with Crippen molar-refractivity contribution in [3.63, 3.8) is 0 Å². The topological polar surface area (TPSA) is 26.0 Å². The van der Waals surface area contributed by atoms with Crippen LogP contribution in [0.4, 0.5) is 5.69 Å². The van der Waals surface area contributed by atoms with Gasteiger partial charge in [0, 0.05) is 10.4 Å². The normalized spacial score (nSPS) is 12.2. The van der Waals surface area contributed by atoms with E-state index in [2.05, 4.69) is 38.3 Å². The van der Waals surface area contributed by atoms with Crippen molar-refractivity contribution in [2.75, 3.05) is 5.73 Å². The third kappa shape index (κ3) is 1.50. The van der Waals surface area contributed by atoms with Gasteiger partial charge in [-0.05, 0) is 39.9 Å². The van der Waals surface area contributed by atoms with E-state index in [4.69, 9.17) is 5.73 Å². The molecule has 0 atom stereocenters. The molecule has 0 unspecified atom stereocenters. The van der Waals surface area contributed by atoms with Crippen LogP contribution in [-0.4, -0.2) is 0 Å². The molecule has 0 spiro atoms. The van der Waals surface area contributed by atoms with E-state index >= 15 is 0 Å². The van der Waals surface area contributed by atoms with Crippen LogP contribution < -0.4 is 5.73 Å². The van der Waals surface area contributed by atoms with Gasteiger partial charge in [-0.25, -0.2) is 0 Å². The minimum atomic E-state index is 0.200. The number of rotatable bonds is 0. The Morgan fingerprint density at radius 3 is 2.57 bits per heavy atom. The molecule has 2 heteroatoms. The first-order chi connectivity index (χ1) is 6.48. The Morgan fingerprint density at radius 1 is 1.21 bits per heavy atom. The standard InChI is InChI=1S/C12H15NS/c1-12(2,3)10-7-14-11-5-4-8(13)6-9(10)11/h4-7H,13H2,1-3H3. The Hall–Kier alpha value is -1.02. The van der Waals surface area contributed by atoms with Gasteiger partial charge in [-0.15, -0.1) is 11.3 Å². The number of anilines is 1. The molecule has 2 N–H and O–H groups in total. The van der Waals surface area contributed by atoms with Crippen molar-refractivity contribution in [2.24, 2.45) is 0 Å². The van der Waals surface area contributed by atoms with Gasteiger partial charge in [0.1, 0.15) is 0 Å². The summed E-state index contributed by atoms with van der Waals surface area (Å²) in [6.07, 6.45) is 0. The largest absolute Gasteiger partial charge is 0.399 e. The van der Waals surface area contributed by atoms with Gasteiger partial charge in [0.05, 0.1) is 0 Å². The van der Waals surface area contributed by atoms with Crippen molar-refractivity contribution in [1.82, 2.24) is 0 Å². The zero-order chi connectivity index (χ0) is 10.3. The van der Waals surface area contributed by atoms with Crippen LogP contribution >= 0.6 is 11.3 Å². The van der Waals surface area contributed by atoms with Gasteiger partial charge < -0.3 is 5.73 Å². The molecule has 0 aliphatic heterocycles. The second kappa shape index (κ2) is 2.99. The van der Waals surface area contributed by atoms with E-state index in [0.29, 0.717) is 0 Å². The third-order valence-electron chi connectivity index (χ3n) is 2.41. The lowest BCUT2D eigenvalue weighted by molar-refractivity contribution is 0.598. The lowest BCUT2D eigenvalue weighted by Crippen LogP contribution is -2.09. The summed E-state index contributed by atoms with van der Waals surface area (Å²) in [5.74, 6) is 0. The maximum atomic E-state index is 5.80. The molecule has 1 nitrogen and oxygen atoms in total. The second-order valence-electron chi connectivity index (χ2n) is 4.65. The zero-order valence-corrected chi connectivity index (χ0v) is 9.61. The maximum Gasteiger partial charge on any atom is 0.0347 e. The summed E-state index contributed by atoms with van der Waals surface area (Å²) in [5.41, 5.74) is 8.24. The first-order valence-corrected chi connectivity index (χ1v) is 5.63. The maximum absolute atomic E-state index is 5.80. The summed E-state index contributed by atoms with van der Waals surface area (Å²) in [6.45, 7) is 6.70. The van der Waals surface area contributed by atoms with Gasteiger partial charge in [0.15, 0.2) is 0 Å². The molecule has 1 aromatic heterocycles. The van der Waals surface area contributed by atoms with Gasteiger partial charge in [0.2, 0.25) is 0 Å². The number of nitrogen functional groups attached to an aromatic ring is 1. The molecule has 1 aromatic carbocycles. The molecule has 0 radical (unpaired) electrons. The molecule has 2 aromatic rings. The third-order valence-corrected chi connectivity index (χ3v) is 3.37. The molecule has 0 amide bonds. The van der Waals surface area contributed by atoms with Crippen LogP contribution in [0.5, 0.6) is 0 Å². The number of hydrogen-bond acceptors (Lipinski definition) is 2. The molecule has 14 heavy (non-hydrogen) atoms. The Morgan fingerprint density at radius 2 is 1.93 bits per heavy atom. The number of hydrogen-bond donors (Lipinski definition) is 1. The lowest BCUT2D eigenvalue weighted by Gasteiger charge is -2.17. The summed E-state index contributed by atoms with van der Waals surface area (Å²) in [6, 6.07) is 6.14. The highest BCUT2D eigenvalue weighted by molar-refractivity contribution is 7.17. The molecular weight excluding hydrogens is 190 g/mol. The highest BCUT2D eigenvalue weighted by Gasteiger charge is 2.17. The Labute approximate surface area is 88.6 Å². The van der Waals surface area contributed by atoms with Gasteiger partial charge in [-0.1, -0.05) is 20.8 Å². The molecule has 74 valence electrons. The molecule has 0 saturated heterocycles. The van der Waals surface area contributed by atoms with E-state index in [9.17, 15) is 0 Å². The smallest absolute Gasteiger partial charge is 0.0347 e. The average Bonchev–Trinajstić information content (AvgIpc) is 2.45. The minimum absolute atomic E-state index is 0.200. The van der Waals surface area contributed by atoms with Crippen LogP contribution in [0.3, 0.4) is 0 Å². The molecule has 2 rings (SSSR count). The van der Waals surface area contributed by atoms with Crippen molar-refractivity contribution in [3.05, 3.63) is 29.1 Å². The van der Waals surface area contributed by atoms with Gasteiger partial charge in [-0.3, -0.25) is 0 Å². The van der Waals surface area contributed by atoms with Crippen LogP contribution in [-0.2, 0) is 5.41 Å². The first kappa shape index (κ1) is 9.53. The Kier molecular flexibility index (Phi) is 2.04. The van der Waals surface area contributed by atoms with Gasteiger partial charge in [0.25, 0.3) is 0 Å². The van der Waals surface area contributed by atoms with E-state index in [0.717, 1.165) is 5.69 Å². The summed E-state index contributed by atoms with van der Waals surface area (Å²) < 4.78 is 1.32. The van der Waals surface area contributed by atoms with Gasteiger partial charge >= 0.3 is 0 Å². The first-order valence-electron chi connectivity index (χ1n) is 4.76. The van der Waals surface area contributed by atoms with Crippen molar-refractivity contribution in [2.45, 2.75) is 26.2 Å². The summed E-state index contributed by atoms with van der Waals surface area (Å²) in [4.78, 5) is 0. The second-order valence-corrected chi connectivity index (χ2v) is 5.57. The van der Waals surface area contributed by atoms with Crippen LogP contribution in [0.15, 0.2) is 23.6 Å². The predicted octanol–water partition coefficient (Wildman–Crippen LogP) is 3.78. The fourth-order valence-electron chi connectivity index (χ4n) is 1.63. The van der Waals surface area contributed by atoms with Crippen LogP contribution in [0.25, 0.3) is 10.1 Å². The molecule has 0 bridgehead atoms. The monoisotopic (exact) mass is 205 g/mol. The fraction of sp³-hybridized carbons (Fsp3) is 0.333. The summed E-state index contributed by atoms with van der Waals surface area (Å²) >= 11 is 1.79. The van der Waals surface area contributed by atoms with Crippen molar-refractivity contribution in [3.8, 4) is 0 Å². The quantitative estimate of drug-likeness (QED) is 0.651. The molecule has 0 fully saturated rings. The number of fused-ring (bicyclic) bond motifs is 1. The van der Waals surface area contributed by atoms with E-state index in [1.807, 2.05) is 6.07 Å². The molecule has 0 saturated carbocycles. The SMILES string of the molecule is CC(C)(C)c1csc2ccc(N)cc12. The summed E-state index contributed by atoms with van der Waals surface area (Å²) in [5, 5.41) is 3.55. The molecule has 0 aliphatic rings. The van der Waals surface area contributed by atoms with Crippen molar-refractivity contribution >= 4 is 27.1 Å². The zero-order valence-electron chi connectivity index (χ0n) is 8.79. The Balaban J connectivity index is 2.73. The molecule has 1 heterocycles. The average molecular weight is 205 g/mol. The van der Waals surface area contributed by atoms with Crippen molar-refractivity contribution < 1.29 is 0 Å². The Bertz CT molecular complexity index is 463. The fourth-order valence-corrected chi connectivity index (χ4v) is 2.80. The van der Waals surface area contributed by atoms with Crippen LogP contribution in [0.2, 0.25) is 0 Å².